The molecule has 1 aromatic carbocycles. The molecular weight excluding hydrogens is 344 g/mol. The molecule has 1 aliphatic rings. The second kappa shape index (κ2) is 8.29. The highest BCUT2D eigenvalue weighted by molar-refractivity contribution is 5.97. The summed E-state index contributed by atoms with van der Waals surface area (Å²) in [6.07, 6.45) is 5.64. The van der Waals surface area contributed by atoms with Gasteiger partial charge in [0.25, 0.3) is 0 Å². The number of carbonyl (C=O) groups is 2. The Labute approximate surface area is 159 Å². The summed E-state index contributed by atoms with van der Waals surface area (Å²) >= 11 is 0. The van der Waals surface area contributed by atoms with Gasteiger partial charge >= 0.3 is 0 Å². The molecule has 1 aliphatic heterocycles. The van der Waals surface area contributed by atoms with E-state index in [0.717, 1.165) is 47.1 Å². The van der Waals surface area contributed by atoms with Crippen molar-refractivity contribution >= 4 is 28.4 Å². The van der Waals surface area contributed by atoms with Crippen molar-refractivity contribution in [2.24, 2.45) is 0 Å². The number of methoxy groups -OCH3 is 1. The Kier molecular flexibility index (Phi) is 5.84. The van der Waals surface area contributed by atoms with E-state index in [2.05, 4.69) is 5.32 Å². The van der Waals surface area contributed by atoms with Crippen molar-refractivity contribution in [3.8, 4) is 5.75 Å². The normalized spacial score (nSPS) is 14.9. The molecule has 0 bridgehead atoms. The monoisotopic (exact) mass is 370 g/mol. The molecular formula is C21H26N2O4. The van der Waals surface area contributed by atoms with Crippen molar-refractivity contribution in [2.45, 2.75) is 33.1 Å². The van der Waals surface area contributed by atoms with Gasteiger partial charge in [-0.3, -0.25) is 9.59 Å². The number of rotatable bonds is 7. The first-order chi connectivity index (χ1) is 13.0. The van der Waals surface area contributed by atoms with Crippen LogP contribution in [-0.4, -0.2) is 43.5 Å². The zero-order valence-corrected chi connectivity index (χ0v) is 16.1. The fourth-order valence-corrected chi connectivity index (χ4v) is 3.41. The first-order valence-corrected chi connectivity index (χ1v) is 9.29. The van der Waals surface area contributed by atoms with E-state index in [1.807, 2.05) is 30.9 Å². The Morgan fingerprint density at radius 2 is 2.22 bits per heavy atom. The van der Waals surface area contributed by atoms with E-state index in [4.69, 9.17) is 9.15 Å². The molecule has 0 atom stereocenters. The Bertz CT molecular complexity index is 882. The SMILES string of the molecule is COc1cc2occ(C)c2cc1/C(C)=C/C(=O)NCCCN1CCCC1=O. The molecule has 1 fully saturated rings. The van der Waals surface area contributed by atoms with Crippen LogP contribution in [0.4, 0.5) is 0 Å². The molecule has 0 aliphatic carbocycles. The number of likely N-dealkylation sites (tertiary alicyclic amines) is 1. The topological polar surface area (TPSA) is 71.8 Å². The molecule has 6 heteroatoms. The number of aryl methyl sites for hydroxylation is 1. The van der Waals surface area contributed by atoms with Crippen LogP contribution in [0.1, 0.15) is 37.3 Å². The number of allylic oxidation sites excluding steroid dienone is 1. The van der Waals surface area contributed by atoms with Crippen molar-refractivity contribution < 1.29 is 18.7 Å². The van der Waals surface area contributed by atoms with Gasteiger partial charge in [-0.2, -0.15) is 0 Å². The Balaban J connectivity index is 1.62. The largest absolute Gasteiger partial charge is 0.496 e. The minimum absolute atomic E-state index is 0.147. The zero-order valence-electron chi connectivity index (χ0n) is 16.1. The minimum atomic E-state index is -0.147. The fraction of sp³-hybridized carbons (Fsp3) is 0.429. The summed E-state index contributed by atoms with van der Waals surface area (Å²) in [7, 11) is 1.60. The highest BCUT2D eigenvalue weighted by Crippen LogP contribution is 2.33. The van der Waals surface area contributed by atoms with Crippen LogP contribution in [0.3, 0.4) is 0 Å². The lowest BCUT2D eigenvalue weighted by atomic mass is 10.0. The van der Waals surface area contributed by atoms with Crippen LogP contribution in [0.2, 0.25) is 0 Å². The molecule has 2 aromatic rings. The summed E-state index contributed by atoms with van der Waals surface area (Å²) in [5.41, 5.74) is 3.50. The molecule has 0 unspecified atom stereocenters. The molecule has 0 spiro atoms. The van der Waals surface area contributed by atoms with Crippen LogP contribution in [0.15, 0.2) is 28.9 Å². The van der Waals surface area contributed by atoms with Crippen LogP contribution in [0.25, 0.3) is 16.5 Å². The Hall–Kier alpha value is -2.76. The lowest BCUT2D eigenvalue weighted by Crippen LogP contribution is -2.30. The highest BCUT2D eigenvalue weighted by atomic mass is 16.5. The molecule has 0 saturated carbocycles. The lowest BCUT2D eigenvalue weighted by molar-refractivity contribution is -0.127. The first kappa shape index (κ1) is 19.0. The summed E-state index contributed by atoms with van der Waals surface area (Å²) < 4.78 is 11.0. The van der Waals surface area contributed by atoms with Gasteiger partial charge in [-0.1, -0.05) is 0 Å². The predicted octanol–water partition coefficient (Wildman–Crippen LogP) is 3.28. The molecule has 6 nitrogen and oxygen atoms in total. The zero-order chi connectivity index (χ0) is 19.4. The first-order valence-electron chi connectivity index (χ1n) is 9.29. The van der Waals surface area contributed by atoms with Crippen molar-refractivity contribution in [3.05, 3.63) is 35.6 Å². The van der Waals surface area contributed by atoms with Crippen molar-refractivity contribution in [3.63, 3.8) is 0 Å². The summed E-state index contributed by atoms with van der Waals surface area (Å²) in [6.45, 7) is 5.96. The minimum Gasteiger partial charge on any atom is -0.496 e. The second-order valence-corrected chi connectivity index (χ2v) is 6.92. The molecule has 3 rings (SSSR count). The summed E-state index contributed by atoms with van der Waals surface area (Å²) in [4.78, 5) is 25.7. The highest BCUT2D eigenvalue weighted by Gasteiger charge is 2.19. The molecule has 0 radical (unpaired) electrons. The van der Waals surface area contributed by atoms with Gasteiger partial charge in [-0.25, -0.2) is 0 Å². The maximum absolute atomic E-state index is 12.2. The number of amides is 2. The van der Waals surface area contributed by atoms with E-state index < -0.39 is 0 Å². The number of carbonyl (C=O) groups excluding carboxylic acids is 2. The van der Waals surface area contributed by atoms with Crippen molar-refractivity contribution in [1.29, 1.82) is 0 Å². The molecule has 1 aromatic heterocycles. The van der Waals surface area contributed by atoms with Gasteiger partial charge in [-0.05, 0) is 43.9 Å². The summed E-state index contributed by atoms with van der Waals surface area (Å²) in [6, 6.07) is 3.84. The van der Waals surface area contributed by atoms with Gasteiger partial charge in [0.2, 0.25) is 11.8 Å². The van der Waals surface area contributed by atoms with E-state index in [0.29, 0.717) is 25.3 Å². The van der Waals surface area contributed by atoms with Gasteiger partial charge in [0.05, 0.1) is 13.4 Å². The van der Waals surface area contributed by atoms with E-state index in [-0.39, 0.29) is 11.8 Å². The second-order valence-electron chi connectivity index (χ2n) is 6.92. The van der Waals surface area contributed by atoms with Gasteiger partial charge < -0.3 is 19.4 Å². The number of ether oxygens (including phenoxy) is 1. The van der Waals surface area contributed by atoms with E-state index in [1.165, 1.54) is 0 Å². The number of furan rings is 1. The molecule has 1 saturated heterocycles. The fourth-order valence-electron chi connectivity index (χ4n) is 3.41. The van der Waals surface area contributed by atoms with Crippen LogP contribution >= 0.6 is 0 Å². The number of hydrogen-bond donors (Lipinski definition) is 1. The van der Waals surface area contributed by atoms with E-state index in [1.54, 1.807) is 19.4 Å². The average Bonchev–Trinajstić information content (AvgIpc) is 3.23. The molecule has 27 heavy (non-hydrogen) atoms. The average molecular weight is 370 g/mol. The molecule has 2 heterocycles. The maximum atomic E-state index is 12.2. The smallest absolute Gasteiger partial charge is 0.244 e. The Morgan fingerprint density at radius 3 is 2.93 bits per heavy atom. The van der Waals surface area contributed by atoms with Gasteiger partial charge in [0.1, 0.15) is 11.3 Å². The third-order valence-corrected chi connectivity index (χ3v) is 4.94. The number of hydrogen-bond acceptors (Lipinski definition) is 4. The quantitative estimate of drug-likeness (QED) is 0.600. The van der Waals surface area contributed by atoms with Crippen LogP contribution in [0.5, 0.6) is 5.75 Å². The number of nitrogens with zero attached hydrogens (tertiary/aromatic N) is 1. The maximum Gasteiger partial charge on any atom is 0.244 e. The molecule has 144 valence electrons. The standard InChI is InChI=1S/C21H26N2O4/c1-14(10-20(24)22-7-5-9-23-8-4-6-21(23)25)16-11-17-15(2)13-27-19(17)12-18(16)26-3/h10-13H,4-9H2,1-3H3,(H,22,24)/b14-10+. The van der Waals surface area contributed by atoms with E-state index in [9.17, 15) is 9.59 Å². The predicted molar refractivity (Wildman–Crippen MR) is 105 cm³/mol. The molecule has 1 N–H and O–H groups in total. The van der Waals surface area contributed by atoms with Gasteiger partial charge in [-0.15, -0.1) is 0 Å². The Morgan fingerprint density at radius 1 is 1.41 bits per heavy atom. The third-order valence-electron chi connectivity index (χ3n) is 4.94. The van der Waals surface area contributed by atoms with Crippen LogP contribution < -0.4 is 10.1 Å². The van der Waals surface area contributed by atoms with Crippen LogP contribution in [0, 0.1) is 6.92 Å². The van der Waals surface area contributed by atoms with Crippen molar-refractivity contribution in [1.82, 2.24) is 10.2 Å². The summed E-state index contributed by atoms with van der Waals surface area (Å²) in [5, 5.41) is 3.90. The molecule has 2 amide bonds. The number of nitrogens with one attached hydrogen (secondary N) is 1. The van der Waals surface area contributed by atoms with E-state index >= 15 is 0 Å². The van der Waals surface area contributed by atoms with Crippen molar-refractivity contribution in [2.75, 3.05) is 26.7 Å². The number of fused-ring (bicyclic) bond motifs is 1. The van der Waals surface area contributed by atoms with Gasteiger partial charge in [0.15, 0.2) is 0 Å². The van der Waals surface area contributed by atoms with Gasteiger partial charge in [0, 0.05) is 49.1 Å². The number of benzene rings is 1. The lowest BCUT2D eigenvalue weighted by Gasteiger charge is -2.15. The summed E-state index contributed by atoms with van der Waals surface area (Å²) in [5.74, 6) is 0.742. The third kappa shape index (κ3) is 4.32. The van der Waals surface area contributed by atoms with Crippen LogP contribution in [-0.2, 0) is 9.59 Å².